The largest absolute Gasteiger partial charge is 0.325 e. The molecule has 0 aliphatic carbocycles. The van der Waals surface area contributed by atoms with Crippen molar-refractivity contribution >= 4 is 22.7 Å². The molecule has 2 rings (SSSR count). The Hall–Kier alpha value is -0.770. The van der Waals surface area contributed by atoms with Gasteiger partial charge in [0.15, 0.2) is 5.17 Å². The van der Waals surface area contributed by atoms with Crippen LogP contribution in [0.25, 0.3) is 0 Å². The minimum atomic E-state index is 0.218. The van der Waals surface area contributed by atoms with E-state index in [4.69, 9.17) is 0 Å². The third kappa shape index (κ3) is 1.39. The molecule has 0 aromatic carbocycles. The van der Waals surface area contributed by atoms with Gasteiger partial charge in [0.25, 0.3) is 0 Å². The van der Waals surface area contributed by atoms with Crippen molar-refractivity contribution in [1.29, 1.82) is 0 Å². The van der Waals surface area contributed by atoms with Gasteiger partial charge in [0, 0.05) is 24.1 Å². The van der Waals surface area contributed by atoms with E-state index < -0.39 is 0 Å². The van der Waals surface area contributed by atoms with Gasteiger partial charge in [0.1, 0.15) is 5.78 Å². The number of aliphatic imine (C=N–C) groups is 1. The summed E-state index contributed by atoms with van der Waals surface area (Å²) in [5, 5.41) is 1.06. The SMILES string of the molecule is CC(=O)CC1=CN2CCN=C2S1. The Morgan fingerprint density at radius 2 is 2.67 bits per heavy atom. The Morgan fingerprint density at radius 1 is 1.83 bits per heavy atom. The van der Waals surface area contributed by atoms with E-state index in [0.29, 0.717) is 6.42 Å². The summed E-state index contributed by atoms with van der Waals surface area (Å²) in [4.78, 5) is 18.3. The Bertz CT molecular complexity index is 283. The average Bonchev–Trinajstić information content (AvgIpc) is 2.43. The second kappa shape index (κ2) is 2.94. The number of fused-ring (bicyclic) bond motifs is 1. The average molecular weight is 182 g/mol. The van der Waals surface area contributed by atoms with E-state index in [-0.39, 0.29) is 5.78 Å². The lowest BCUT2D eigenvalue weighted by Gasteiger charge is -2.04. The number of allylic oxidation sites excluding steroid dienone is 1. The molecule has 0 aromatic rings. The van der Waals surface area contributed by atoms with Gasteiger partial charge in [-0.2, -0.15) is 0 Å². The number of thioether (sulfide) groups is 1. The number of carbonyl (C=O) groups excluding carboxylic acids is 1. The van der Waals surface area contributed by atoms with Gasteiger partial charge >= 0.3 is 0 Å². The molecule has 0 amide bonds. The normalized spacial score (nSPS) is 20.6. The van der Waals surface area contributed by atoms with Gasteiger partial charge in [0.05, 0.1) is 6.54 Å². The van der Waals surface area contributed by atoms with E-state index in [0.717, 1.165) is 23.2 Å². The van der Waals surface area contributed by atoms with Crippen LogP contribution in [0, 0.1) is 0 Å². The van der Waals surface area contributed by atoms with Gasteiger partial charge in [-0.15, -0.1) is 0 Å². The van der Waals surface area contributed by atoms with Crippen molar-refractivity contribution < 1.29 is 4.79 Å². The summed E-state index contributed by atoms with van der Waals surface area (Å²) in [6, 6.07) is 0. The van der Waals surface area contributed by atoms with Gasteiger partial charge in [0.2, 0.25) is 0 Å². The summed E-state index contributed by atoms with van der Waals surface area (Å²) < 4.78 is 0. The molecule has 0 aromatic heterocycles. The molecule has 2 heterocycles. The van der Waals surface area contributed by atoms with Crippen LogP contribution in [0.5, 0.6) is 0 Å². The fourth-order valence-electron chi connectivity index (χ4n) is 1.30. The molecular weight excluding hydrogens is 172 g/mol. The smallest absolute Gasteiger partial charge is 0.168 e. The van der Waals surface area contributed by atoms with Crippen LogP contribution in [0.3, 0.4) is 0 Å². The van der Waals surface area contributed by atoms with Gasteiger partial charge in [-0.05, 0) is 6.92 Å². The first kappa shape index (κ1) is 7.86. The van der Waals surface area contributed by atoms with E-state index in [2.05, 4.69) is 9.89 Å². The highest BCUT2D eigenvalue weighted by molar-refractivity contribution is 8.17. The number of Topliss-reactive ketones (excluding diaryl/α,β-unsaturated/α-hetero) is 1. The van der Waals surface area contributed by atoms with Crippen molar-refractivity contribution in [2.45, 2.75) is 13.3 Å². The molecule has 64 valence electrons. The van der Waals surface area contributed by atoms with E-state index in [9.17, 15) is 4.79 Å². The minimum absolute atomic E-state index is 0.218. The molecule has 4 heteroatoms. The maximum atomic E-state index is 10.8. The fraction of sp³-hybridized carbons (Fsp3) is 0.500. The monoisotopic (exact) mass is 182 g/mol. The maximum absolute atomic E-state index is 10.8. The topological polar surface area (TPSA) is 32.7 Å². The summed E-state index contributed by atoms with van der Waals surface area (Å²) in [6.07, 6.45) is 2.60. The molecular formula is C8H10N2OS. The number of ketones is 1. The molecule has 0 saturated carbocycles. The zero-order valence-corrected chi connectivity index (χ0v) is 7.73. The highest BCUT2D eigenvalue weighted by Gasteiger charge is 2.24. The van der Waals surface area contributed by atoms with E-state index in [1.807, 2.05) is 6.20 Å². The van der Waals surface area contributed by atoms with Crippen LogP contribution in [0.15, 0.2) is 16.1 Å². The minimum Gasteiger partial charge on any atom is -0.325 e. The summed E-state index contributed by atoms with van der Waals surface area (Å²) in [7, 11) is 0. The van der Waals surface area contributed by atoms with Crippen molar-refractivity contribution in [2.24, 2.45) is 4.99 Å². The van der Waals surface area contributed by atoms with Crippen molar-refractivity contribution in [1.82, 2.24) is 4.90 Å². The number of hydrogen-bond donors (Lipinski definition) is 0. The molecule has 0 unspecified atom stereocenters. The Morgan fingerprint density at radius 3 is 3.33 bits per heavy atom. The van der Waals surface area contributed by atoms with Crippen LogP contribution >= 0.6 is 11.8 Å². The maximum Gasteiger partial charge on any atom is 0.168 e. The number of rotatable bonds is 2. The van der Waals surface area contributed by atoms with Crippen molar-refractivity contribution in [3.63, 3.8) is 0 Å². The summed E-state index contributed by atoms with van der Waals surface area (Å²) in [5.41, 5.74) is 0. The number of amidine groups is 1. The van der Waals surface area contributed by atoms with Crippen LogP contribution in [-0.4, -0.2) is 28.9 Å². The first-order valence-corrected chi connectivity index (χ1v) is 4.76. The highest BCUT2D eigenvalue weighted by atomic mass is 32.2. The zero-order chi connectivity index (χ0) is 8.55. The standard InChI is InChI=1S/C8H10N2OS/c1-6(11)4-7-5-10-3-2-9-8(10)12-7/h5H,2-4H2,1H3. The molecule has 0 atom stereocenters. The predicted molar refractivity (Wildman–Crippen MR) is 50.0 cm³/mol. The Balaban J connectivity index is 2.04. The van der Waals surface area contributed by atoms with Crippen LogP contribution in [0.1, 0.15) is 13.3 Å². The second-order valence-electron chi connectivity index (χ2n) is 2.93. The molecule has 0 bridgehead atoms. The van der Waals surface area contributed by atoms with Gasteiger partial charge in [-0.25, -0.2) is 0 Å². The molecule has 2 aliphatic rings. The van der Waals surface area contributed by atoms with E-state index >= 15 is 0 Å². The van der Waals surface area contributed by atoms with Crippen LogP contribution < -0.4 is 0 Å². The lowest BCUT2D eigenvalue weighted by Crippen LogP contribution is -2.14. The number of carbonyl (C=O) groups is 1. The molecule has 0 N–H and O–H groups in total. The molecule has 2 aliphatic heterocycles. The van der Waals surface area contributed by atoms with E-state index in [1.54, 1.807) is 18.7 Å². The predicted octanol–water partition coefficient (Wildman–Crippen LogP) is 1.23. The van der Waals surface area contributed by atoms with E-state index in [1.165, 1.54) is 0 Å². The molecule has 0 saturated heterocycles. The zero-order valence-electron chi connectivity index (χ0n) is 6.91. The van der Waals surface area contributed by atoms with Crippen molar-refractivity contribution in [3.05, 3.63) is 11.1 Å². The molecule has 0 radical (unpaired) electrons. The van der Waals surface area contributed by atoms with Gasteiger partial charge < -0.3 is 4.90 Å². The molecule has 3 nitrogen and oxygen atoms in total. The van der Waals surface area contributed by atoms with Crippen LogP contribution in [-0.2, 0) is 4.79 Å². The second-order valence-corrected chi connectivity index (χ2v) is 4.03. The molecule has 0 fully saturated rings. The quantitative estimate of drug-likeness (QED) is 0.643. The Labute approximate surface area is 75.5 Å². The number of hydrogen-bond acceptors (Lipinski definition) is 4. The summed E-state index contributed by atoms with van der Waals surface area (Å²) in [6.45, 7) is 3.49. The van der Waals surface area contributed by atoms with Crippen molar-refractivity contribution in [2.75, 3.05) is 13.1 Å². The first-order valence-electron chi connectivity index (χ1n) is 3.95. The summed E-state index contributed by atoms with van der Waals surface area (Å²) in [5.74, 6) is 0.218. The fourth-order valence-corrected chi connectivity index (χ4v) is 2.40. The highest BCUT2D eigenvalue weighted by Crippen LogP contribution is 2.32. The van der Waals surface area contributed by atoms with Crippen LogP contribution in [0.2, 0.25) is 0 Å². The first-order chi connectivity index (χ1) is 5.75. The van der Waals surface area contributed by atoms with Gasteiger partial charge in [-0.1, -0.05) is 11.8 Å². The Kier molecular flexibility index (Phi) is 1.92. The third-order valence-corrected chi connectivity index (χ3v) is 2.84. The lowest BCUT2D eigenvalue weighted by atomic mass is 10.3. The molecule has 0 spiro atoms. The summed E-state index contributed by atoms with van der Waals surface area (Å²) >= 11 is 1.63. The van der Waals surface area contributed by atoms with Crippen LogP contribution in [0.4, 0.5) is 0 Å². The van der Waals surface area contributed by atoms with Crippen molar-refractivity contribution in [3.8, 4) is 0 Å². The third-order valence-electron chi connectivity index (χ3n) is 1.78. The molecule has 12 heavy (non-hydrogen) atoms. The lowest BCUT2D eigenvalue weighted by molar-refractivity contribution is -0.116. The number of nitrogens with zero attached hydrogens (tertiary/aromatic N) is 2. The van der Waals surface area contributed by atoms with Gasteiger partial charge in [-0.3, -0.25) is 9.79 Å².